The van der Waals surface area contributed by atoms with E-state index in [0.717, 1.165) is 15.5 Å². The molecule has 2 N–H and O–H groups in total. The van der Waals surface area contributed by atoms with Crippen molar-refractivity contribution in [1.82, 2.24) is 4.48 Å². The van der Waals surface area contributed by atoms with Crippen LogP contribution in [0.5, 0.6) is 0 Å². The standard InChI is InChI=1S/C9H15N2.HNO2/c1-11(2,3)9-6-4-8(10)5-7-9;2-1-3/h4-7H,10H2,1-3H3;(H,2,3)/q+1;/p-1. The Balaban J connectivity index is 0.000000500. The van der Waals surface area contributed by atoms with Crippen molar-refractivity contribution in [2.45, 2.75) is 0 Å². The minimum Gasteiger partial charge on any atom is -0.444 e. The molecular weight excluding hydrogens is 182 g/mol. The lowest BCUT2D eigenvalue weighted by Crippen LogP contribution is -2.34. The quantitative estimate of drug-likeness (QED) is 0.322. The number of hydrogen-bond acceptors (Lipinski definition) is 4. The summed E-state index contributed by atoms with van der Waals surface area (Å²) in [5.74, 6) is 0. The van der Waals surface area contributed by atoms with Gasteiger partial charge in [-0.15, -0.1) is 5.34 Å². The van der Waals surface area contributed by atoms with Gasteiger partial charge in [-0.25, -0.2) is 0 Å². The fourth-order valence-electron chi connectivity index (χ4n) is 0.922. The van der Waals surface area contributed by atoms with Gasteiger partial charge in [-0.2, -0.15) is 0 Å². The fraction of sp³-hybridized carbons (Fsp3) is 0.333. The van der Waals surface area contributed by atoms with Crippen LogP contribution in [0, 0.1) is 10.1 Å². The summed E-state index contributed by atoms with van der Waals surface area (Å²) < 4.78 is 0.834. The third-order valence-electron chi connectivity index (χ3n) is 1.67. The summed E-state index contributed by atoms with van der Waals surface area (Å²) in [5.41, 5.74) is 7.65. The highest BCUT2D eigenvalue weighted by Crippen LogP contribution is 2.17. The summed E-state index contributed by atoms with van der Waals surface area (Å²) >= 11 is 0. The summed E-state index contributed by atoms with van der Waals surface area (Å²) in [6.07, 6.45) is 0. The van der Waals surface area contributed by atoms with E-state index >= 15 is 0 Å². The Morgan fingerprint density at radius 2 is 1.57 bits per heavy atom. The van der Waals surface area contributed by atoms with Gasteiger partial charge in [-0.3, -0.25) is 4.48 Å². The Morgan fingerprint density at radius 1 is 1.21 bits per heavy atom. The molecule has 0 aliphatic carbocycles. The lowest BCUT2D eigenvalue weighted by Gasteiger charge is -2.23. The second kappa shape index (κ2) is 5.18. The molecule has 0 atom stereocenters. The molecule has 1 rings (SSSR count). The van der Waals surface area contributed by atoms with Gasteiger partial charge < -0.3 is 15.8 Å². The summed E-state index contributed by atoms with van der Waals surface area (Å²) in [7, 11) is 6.39. The molecule has 5 heteroatoms. The molecule has 1 aromatic rings. The number of nitrogens with two attached hydrogens (primary N) is 1. The van der Waals surface area contributed by atoms with Crippen LogP contribution in [-0.2, 0) is 0 Å². The highest BCUT2D eigenvalue weighted by molar-refractivity contribution is 5.49. The smallest absolute Gasteiger partial charge is 0.132 e. The summed E-state index contributed by atoms with van der Waals surface area (Å²) in [4.78, 5) is 8.00. The number of benzene rings is 1. The third kappa shape index (κ3) is 4.42. The van der Waals surface area contributed by atoms with Crippen molar-refractivity contribution in [2.24, 2.45) is 5.34 Å². The second-order valence-electron chi connectivity index (χ2n) is 3.68. The zero-order chi connectivity index (χ0) is 11.2. The van der Waals surface area contributed by atoms with Crippen LogP contribution in [0.15, 0.2) is 29.6 Å². The zero-order valence-corrected chi connectivity index (χ0v) is 8.60. The molecule has 0 radical (unpaired) electrons. The van der Waals surface area contributed by atoms with Crippen LogP contribution in [-0.4, -0.2) is 21.1 Å². The van der Waals surface area contributed by atoms with Gasteiger partial charge in [0.1, 0.15) is 5.69 Å². The monoisotopic (exact) mass is 197 g/mol. The first-order chi connectivity index (χ1) is 6.41. The van der Waals surface area contributed by atoms with Crippen molar-refractivity contribution in [3.8, 4) is 0 Å². The predicted molar refractivity (Wildman–Crippen MR) is 59.6 cm³/mol. The normalized spacial score (nSPS) is 9.93. The van der Waals surface area contributed by atoms with Gasteiger partial charge in [0, 0.05) is 17.8 Å². The number of quaternary nitrogens is 1. The molecule has 1 aromatic carbocycles. The van der Waals surface area contributed by atoms with Crippen molar-refractivity contribution >= 4 is 11.4 Å². The molecule has 0 aromatic heterocycles. The van der Waals surface area contributed by atoms with Crippen molar-refractivity contribution in [3.05, 3.63) is 34.4 Å². The number of anilines is 1. The second-order valence-corrected chi connectivity index (χ2v) is 3.68. The van der Waals surface area contributed by atoms with E-state index in [-0.39, 0.29) is 0 Å². The van der Waals surface area contributed by atoms with Crippen molar-refractivity contribution < 1.29 is 0 Å². The van der Waals surface area contributed by atoms with E-state index < -0.39 is 0 Å². The lowest BCUT2D eigenvalue weighted by atomic mass is 10.2. The number of rotatable bonds is 1. The van der Waals surface area contributed by atoms with Crippen LogP contribution in [0.4, 0.5) is 11.4 Å². The van der Waals surface area contributed by atoms with Gasteiger partial charge in [-0.05, 0) is 12.1 Å². The zero-order valence-electron chi connectivity index (χ0n) is 8.60. The van der Waals surface area contributed by atoms with E-state index in [4.69, 9.17) is 15.8 Å². The molecule has 0 aliphatic heterocycles. The average Bonchev–Trinajstić information content (AvgIpc) is 2.04. The van der Waals surface area contributed by atoms with Crippen molar-refractivity contribution in [3.63, 3.8) is 0 Å². The van der Waals surface area contributed by atoms with Gasteiger partial charge in [-0.1, -0.05) is 0 Å². The van der Waals surface area contributed by atoms with E-state index in [1.165, 1.54) is 5.69 Å². The van der Waals surface area contributed by atoms with Crippen LogP contribution < -0.4 is 10.2 Å². The molecule has 0 saturated heterocycles. The minimum absolute atomic E-state index is 0.821. The lowest BCUT2D eigenvalue weighted by molar-refractivity contribution is 0.486. The largest absolute Gasteiger partial charge is 0.444 e. The van der Waals surface area contributed by atoms with E-state index in [0.29, 0.717) is 0 Å². The molecule has 0 heterocycles. The molecular formula is C9H15N3O2. The van der Waals surface area contributed by atoms with Crippen LogP contribution >= 0.6 is 0 Å². The van der Waals surface area contributed by atoms with Gasteiger partial charge in [0.05, 0.1) is 21.1 Å². The summed E-state index contributed by atoms with van der Waals surface area (Å²) in [6, 6.07) is 7.96. The fourth-order valence-corrected chi connectivity index (χ4v) is 0.922. The molecule has 0 spiro atoms. The number of nitrogen functional groups attached to an aromatic ring is 1. The average molecular weight is 197 g/mol. The maximum Gasteiger partial charge on any atom is 0.132 e. The summed E-state index contributed by atoms with van der Waals surface area (Å²) in [6.45, 7) is 0. The summed E-state index contributed by atoms with van der Waals surface area (Å²) in [5, 5.41) is 9.00. The van der Waals surface area contributed by atoms with Crippen LogP contribution in [0.25, 0.3) is 0 Å². The van der Waals surface area contributed by atoms with E-state index in [9.17, 15) is 0 Å². The highest BCUT2D eigenvalue weighted by Gasteiger charge is 2.09. The van der Waals surface area contributed by atoms with Crippen LogP contribution in [0.2, 0.25) is 0 Å². The predicted octanol–water partition coefficient (Wildman–Crippen LogP) is 1.72. The first kappa shape index (κ1) is 12.4. The number of hydrogen-bond donors (Lipinski definition) is 1. The highest BCUT2D eigenvalue weighted by atomic mass is 16.6. The maximum atomic E-state index is 8.00. The third-order valence-corrected chi connectivity index (χ3v) is 1.67. The SMILES string of the molecule is C[N+](C)(C)c1ccc(N)cc1.O=N[O-]. The van der Waals surface area contributed by atoms with Crippen molar-refractivity contribution in [2.75, 3.05) is 26.9 Å². The molecule has 78 valence electrons. The van der Waals surface area contributed by atoms with E-state index in [2.05, 4.69) is 33.3 Å². The first-order valence-corrected chi connectivity index (χ1v) is 4.04. The molecule has 0 saturated carbocycles. The first-order valence-electron chi connectivity index (χ1n) is 4.04. The molecule has 0 amide bonds. The molecule has 0 fully saturated rings. The Hall–Kier alpha value is -1.62. The van der Waals surface area contributed by atoms with Crippen molar-refractivity contribution in [1.29, 1.82) is 0 Å². The molecule has 0 aliphatic rings. The van der Waals surface area contributed by atoms with Gasteiger partial charge in [0.2, 0.25) is 0 Å². The van der Waals surface area contributed by atoms with Gasteiger partial charge in [0.25, 0.3) is 0 Å². The Labute approximate surface area is 83.3 Å². The molecule has 5 nitrogen and oxygen atoms in total. The topological polar surface area (TPSA) is 78.5 Å². The molecule has 0 unspecified atom stereocenters. The molecule has 0 bridgehead atoms. The van der Waals surface area contributed by atoms with Crippen LogP contribution in [0.3, 0.4) is 0 Å². The van der Waals surface area contributed by atoms with Gasteiger partial charge in [0.15, 0.2) is 0 Å². The Bertz CT molecular complexity index is 277. The Morgan fingerprint density at radius 3 is 1.86 bits per heavy atom. The maximum absolute atomic E-state index is 8.00. The number of nitrogens with zero attached hydrogens (tertiary/aromatic N) is 2. The van der Waals surface area contributed by atoms with Crippen LogP contribution in [0.1, 0.15) is 0 Å². The molecule has 14 heavy (non-hydrogen) atoms. The van der Waals surface area contributed by atoms with E-state index in [1.807, 2.05) is 12.1 Å². The van der Waals surface area contributed by atoms with Gasteiger partial charge >= 0.3 is 0 Å². The van der Waals surface area contributed by atoms with E-state index in [1.54, 1.807) is 0 Å². The minimum atomic E-state index is 0.821. The Kier molecular flexibility index (Phi) is 4.58.